The van der Waals surface area contributed by atoms with E-state index < -0.39 is 0 Å². The van der Waals surface area contributed by atoms with Gasteiger partial charge in [0.25, 0.3) is 0 Å². The molecule has 0 aliphatic heterocycles. The van der Waals surface area contributed by atoms with Gasteiger partial charge < -0.3 is 4.90 Å². The van der Waals surface area contributed by atoms with Crippen molar-refractivity contribution in [2.24, 2.45) is 0 Å². The summed E-state index contributed by atoms with van der Waals surface area (Å²) in [7, 11) is 0. The van der Waals surface area contributed by atoms with Gasteiger partial charge in [-0.3, -0.25) is 0 Å². The number of fused-ring (bicyclic) bond motifs is 1. The molecule has 0 saturated heterocycles. The van der Waals surface area contributed by atoms with Crippen LogP contribution in [0.15, 0.2) is 48.5 Å². The Morgan fingerprint density at radius 3 is 2.55 bits per heavy atom. The SMILES string of the molecule is CCN(Cn1nnc2ccccc21)c1ccc(C)cc1. The fourth-order valence-electron chi connectivity index (χ4n) is 2.30. The molecule has 0 bridgehead atoms. The second kappa shape index (κ2) is 5.33. The average Bonchev–Trinajstić information content (AvgIpc) is 2.89. The van der Waals surface area contributed by atoms with Crippen molar-refractivity contribution >= 4 is 16.7 Å². The molecule has 1 heterocycles. The number of hydrogen-bond donors (Lipinski definition) is 0. The third-order valence-corrected chi connectivity index (χ3v) is 3.51. The molecule has 0 saturated carbocycles. The Balaban J connectivity index is 1.89. The van der Waals surface area contributed by atoms with E-state index in [-0.39, 0.29) is 0 Å². The van der Waals surface area contributed by atoms with E-state index in [2.05, 4.69) is 59.4 Å². The van der Waals surface area contributed by atoms with Crippen LogP contribution in [0.25, 0.3) is 11.0 Å². The van der Waals surface area contributed by atoms with Gasteiger partial charge in [0.05, 0.1) is 5.52 Å². The number of benzene rings is 2. The van der Waals surface area contributed by atoms with E-state index in [1.807, 2.05) is 22.9 Å². The predicted molar refractivity (Wildman–Crippen MR) is 81.7 cm³/mol. The summed E-state index contributed by atoms with van der Waals surface area (Å²) >= 11 is 0. The molecule has 0 fully saturated rings. The van der Waals surface area contributed by atoms with Crippen molar-refractivity contribution in [1.82, 2.24) is 15.0 Å². The highest BCUT2D eigenvalue weighted by atomic mass is 15.5. The molecule has 4 heteroatoms. The third-order valence-electron chi connectivity index (χ3n) is 3.51. The highest BCUT2D eigenvalue weighted by Crippen LogP contribution is 2.17. The zero-order chi connectivity index (χ0) is 13.9. The first-order valence-electron chi connectivity index (χ1n) is 6.88. The summed E-state index contributed by atoms with van der Waals surface area (Å²) in [5.41, 5.74) is 4.49. The van der Waals surface area contributed by atoms with Crippen LogP contribution in [0.4, 0.5) is 5.69 Å². The Morgan fingerprint density at radius 1 is 1.05 bits per heavy atom. The molecule has 1 aromatic heterocycles. The van der Waals surface area contributed by atoms with Crippen LogP contribution in [0.1, 0.15) is 12.5 Å². The largest absolute Gasteiger partial charge is 0.352 e. The summed E-state index contributed by atoms with van der Waals surface area (Å²) in [5, 5.41) is 8.45. The van der Waals surface area contributed by atoms with Crippen molar-refractivity contribution < 1.29 is 0 Å². The summed E-state index contributed by atoms with van der Waals surface area (Å²) in [6.45, 7) is 5.89. The van der Waals surface area contributed by atoms with E-state index in [4.69, 9.17) is 0 Å². The topological polar surface area (TPSA) is 34.0 Å². The van der Waals surface area contributed by atoms with Crippen molar-refractivity contribution in [2.75, 3.05) is 11.4 Å². The standard InChI is InChI=1S/C16H18N4/c1-3-19(14-10-8-13(2)9-11-14)12-20-16-7-5-4-6-15(16)17-18-20/h4-11H,3,12H2,1-2H3. The molecule has 4 nitrogen and oxygen atoms in total. The van der Waals surface area contributed by atoms with E-state index in [1.54, 1.807) is 0 Å². The number of rotatable bonds is 4. The molecule has 0 spiro atoms. The Bertz CT molecular complexity index is 700. The average molecular weight is 266 g/mol. The molecule has 3 aromatic rings. The van der Waals surface area contributed by atoms with Crippen LogP contribution in [0.5, 0.6) is 0 Å². The van der Waals surface area contributed by atoms with E-state index in [0.29, 0.717) is 6.67 Å². The molecule has 20 heavy (non-hydrogen) atoms. The van der Waals surface area contributed by atoms with Gasteiger partial charge in [0.2, 0.25) is 0 Å². The predicted octanol–water partition coefficient (Wildman–Crippen LogP) is 3.22. The number of aryl methyl sites for hydroxylation is 1. The summed E-state index contributed by atoms with van der Waals surface area (Å²) < 4.78 is 1.94. The van der Waals surface area contributed by atoms with E-state index in [0.717, 1.165) is 17.6 Å². The maximum atomic E-state index is 4.25. The van der Waals surface area contributed by atoms with Crippen LogP contribution in [0, 0.1) is 6.92 Å². The van der Waals surface area contributed by atoms with Gasteiger partial charge in [-0.15, -0.1) is 5.10 Å². The fourth-order valence-corrected chi connectivity index (χ4v) is 2.30. The number of nitrogens with zero attached hydrogens (tertiary/aromatic N) is 4. The molecular formula is C16H18N4. The van der Waals surface area contributed by atoms with Gasteiger partial charge in [-0.1, -0.05) is 35.0 Å². The van der Waals surface area contributed by atoms with Gasteiger partial charge in [0, 0.05) is 12.2 Å². The van der Waals surface area contributed by atoms with E-state index in [1.165, 1.54) is 11.3 Å². The van der Waals surface area contributed by atoms with E-state index >= 15 is 0 Å². The molecule has 0 aliphatic carbocycles. The zero-order valence-electron chi connectivity index (χ0n) is 11.8. The molecule has 3 rings (SSSR count). The maximum absolute atomic E-state index is 4.25. The van der Waals surface area contributed by atoms with Crippen LogP contribution in [0.2, 0.25) is 0 Å². The Morgan fingerprint density at radius 2 is 1.80 bits per heavy atom. The van der Waals surface area contributed by atoms with Crippen LogP contribution in [-0.4, -0.2) is 21.5 Å². The minimum absolute atomic E-state index is 0.708. The molecule has 0 radical (unpaired) electrons. The number of hydrogen-bond acceptors (Lipinski definition) is 3. The molecule has 102 valence electrons. The molecule has 0 amide bonds. The van der Waals surface area contributed by atoms with Gasteiger partial charge in [-0.05, 0) is 38.1 Å². The van der Waals surface area contributed by atoms with Crippen LogP contribution >= 0.6 is 0 Å². The Labute approximate surface area is 118 Å². The van der Waals surface area contributed by atoms with Crippen molar-refractivity contribution in [3.8, 4) is 0 Å². The third kappa shape index (κ3) is 2.37. The molecule has 0 aliphatic rings. The molecule has 0 unspecified atom stereocenters. The quantitative estimate of drug-likeness (QED) is 0.727. The van der Waals surface area contributed by atoms with Crippen molar-refractivity contribution in [3.05, 3.63) is 54.1 Å². The Kier molecular flexibility index (Phi) is 3.37. The lowest BCUT2D eigenvalue weighted by Crippen LogP contribution is -2.26. The van der Waals surface area contributed by atoms with Gasteiger partial charge >= 0.3 is 0 Å². The summed E-state index contributed by atoms with van der Waals surface area (Å²) in [6.07, 6.45) is 0. The molecule has 0 atom stereocenters. The highest BCUT2D eigenvalue weighted by Gasteiger charge is 2.08. The van der Waals surface area contributed by atoms with Crippen LogP contribution in [0.3, 0.4) is 0 Å². The second-order valence-corrected chi connectivity index (χ2v) is 4.91. The minimum atomic E-state index is 0.708. The summed E-state index contributed by atoms with van der Waals surface area (Å²) in [4.78, 5) is 2.28. The van der Waals surface area contributed by atoms with Crippen LogP contribution in [-0.2, 0) is 6.67 Å². The minimum Gasteiger partial charge on any atom is -0.352 e. The second-order valence-electron chi connectivity index (χ2n) is 4.91. The molecule has 2 aromatic carbocycles. The monoisotopic (exact) mass is 266 g/mol. The normalized spacial score (nSPS) is 10.9. The van der Waals surface area contributed by atoms with Gasteiger partial charge in [0.15, 0.2) is 0 Å². The van der Waals surface area contributed by atoms with Gasteiger partial charge in [-0.25, -0.2) is 4.68 Å². The van der Waals surface area contributed by atoms with Crippen molar-refractivity contribution in [1.29, 1.82) is 0 Å². The molecule has 0 N–H and O–H groups in total. The number of para-hydroxylation sites is 1. The van der Waals surface area contributed by atoms with Crippen molar-refractivity contribution in [2.45, 2.75) is 20.5 Å². The number of anilines is 1. The number of aromatic nitrogens is 3. The fraction of sp³-hybridized carbons (Fsp3) is 0.250. The smallest absolute Gasteiger partial charge is 0.114 e. The van der Waals surface area contributed by atoms with Crippen LogP contribution < -0.4 is 4.90 Å². The first-order valence-corrected chi connectivity index (χ1v) is 6.88. The first kappa shape index (κ1) is 12.7. The maximum Gasteiger partial charge on any atom is 0.114 e. The lowest BCUT2D eigenvalue weighted by atomic mass is 10.2. The van der Waals surface area contributed by atoms with E-state index in [9.17, 15) is 0 Å². The van der Waals surface area contributed by atoms with Gasteiger partial charge in [0.1, 0.15) is 12.2 Å². The van der Waals surface area contributed by atoms with Gasteiger partial charge in [-0.2, -0.15) is 0 Å². The lowest BCUT2D eigenvalue weighted by Gasteiger charge is -2.23. The highest BCUT2D eigenvalue weighted by molar-refractivity contribution is 5.73. The van der Waals surface area contributed by atoms with Crippen molar-refractivity contribution in [3.63, 3.8) is 0 Å². The lowest BCUT2D eigenvalue weighted by molar-refractivity contribution is 0.580. The first-order chi connectivity index (χ1) is 9.78. The zero-order valence-corrected chi connectivity index (χ0v) is 11.8. The summed E-state index contributed by atoms with van der Waals surface area (Å²) in [5.74, 6) is 0. The summed E-state index contributed by atoms with van der Waals surface area (Å²) in [6, 6.07) is 16.6. The molecular weight excluding hydrogens is 248 g/mol. The Hall–Kier alpha value is -2.36.